The standard InChI is InChI=1S/C6H10N2.ClH/c1-2-6(3-7)4-8-5-6;/h8H,2,4-5H2,1H3;1H. The second kappa shape index (κ2) is 3.05. The van der Waals surface area contributed by atoms with Crippen LogP contribution in [-0.4, -0.2) is 13.1 Å². The van der Waals surface area contributed by atoms with Crippen molar-refractivity contribution in [2.75, 3.05) is 13.1 Å². The number of rotatable bonds is 1. The first kappa shape index (κ1) is 8.74. The van der Waals surface area contributed by atoms with Gasteiger partial charge in [-0.3, -0.25) is 0 Å². The number of nitrogens with zero attached hydrogens (tertiary/aromatic N) is 1. The molecule has 0 aromatic heterocycles. The number of hydrogen-bond donors (Lipinski definition) is 1. The summed E-state index contributed by atoms with van der Waals surface area (Å²) in [6.07, 6.45) is 0.983. The fraction of sp³-hybridized carbons (Fsp3) is 0.833. The van der Waals surface area contributed by atoms with Gasteiger partial charge in [-0.25, -0.2) is 0 Å². The lowest BCUT2D eigenvalue weighted by Gasteiger charge is -2.34. The maximum absolute atomic E-state index is 8.55. The smallest absolute Gasteiger partial charge is 0.0819 e. The highest BCUT2D eigenvalue weighted by molar-refractivity contribution is 5.85. The van der Waals surface area contributed by atoms with Crippen molar-refractivity contribution >= 4 is 12.4 Å². The van der Waals surface area contributed by atoms with Crippen molar-refractivity contribution in [3.63, 3.8) is 0 Å². The molecular weight excluding hydrogens is 136 g/mol. The molecule has 0 bridgehead atoms. The van der Waals surface area contributed by atoms with E-state index in [-0.39, 0.29) is 17.8 Å². The van der Waals surface area contributed by atoms with Crippen LogP contribution in [0.25, 0.3) is 0 Å². The molecular formula is C6H11ClN2. The third-order valence-corrected chi connectivity index (χ3v) is 1.84. The molecule has 1 rings (SSSR count). The Kier molecular flexibility index (Phi) is 2.96. The van der Waals surface area contributed by atoms with Gasteiger partial charge < -0.3 is 5.32 Å². The lowest BCUT2D eigenvalue weighted by molar-refractivity contribution is 0.241. The van der Waals surface area contributed by atoms with Gasteiger partial charge in [0.05, 0.1) is 11.5 Å². The van der Waals surface area contributed by atoms with Crippen LogP contribution in [0.1, 0.15) is 13.3 Å². The molecule has 1 heterocycles. The Morgan fingerprint density at radius 3 is 2.22 bits per heavy atom. The predicted molar refractivity (Wildman–Crippen MR) is 38.5 cm³/mol. The zero-order valence-electron chi connectivity index (χ0n) is 5.48. The van der Waals surface area contributed by atoms with Crippen molar-refractivity contribution in [1.29, 1.82) is 5.26 Å². The van der Waals surface area contributed by atoms with E-state index in [4.69, 9.17) is 5.26 Å². The third-order valence-electron chi connectivity index (χ3n) is 1.84. The third kappa shape index (κ3) is 1.35. The number of hydrogen-bond acceptors (Lipinski definition) is 2. The quantitative estimate of drug-likeness (QED) is 0.598. The molecule has 0 aromatic rings. The molecule has 1 fully saturated rings. The Morgan fingerprint density at radius 2 is 2.22 bits per heavy atom. The average Bonchev–Trinajstić information content (AvgIpc) is 1.67. The van der Waals surface area contributed by atoms with Gasteiger partial charge in [0.15, 0.2) is 0 Å². The maximum atomic E-state index is 8.55. The van der Waals surface area contributed by atoms with Crippen LogP contribution in [-0.2, 0) is 0 Å². The van der Waals surface area contributed by atoms with Crippen molar-refractivity contribution in [2.24, 2.45) is 5.41 Å². The van der Waals surface area contributed by atoms with Crippen LogP contribution in [0.2, 0.25) is 0 Å². The van der Waals surface area contributed by atoms with Crippen LogP contribution in [0.3, 0.4) is 0 Å². The number of nitriles is 1. The summed E-state index contributed by atoms with van der Waals surface area (Å²) in [6.45, 7) is 3.84. The topological polar surface area (TPSA) is 35.8 Å². The Bertz CT molecular complexity index is 118. The van der Waals surface area contributed by atoms with Gasteiger partial charge in [0.1, 0.15) is 0 Å². The van der Waals surface area contributed by atoms with E-state index in [1.165, 1.54) is 0 Å². The van der Waals surface area contributed by atoms with Crippen LogP contribution >= 0.6 is 12.4 Å². The molecule has 0 amide bonds. The highest BCUT2D eigenvalue weighted by Gasteiger charge is 2.34. The molecule has 0 spiro atoms. The Labute approximate surface area is 61.7 Å². The minimum absolute atomic E-state index is 0. The van der Waals surface area contributed by atoms with Gasteiger partial charge in [-0.1, -0.05) is 6.92 Å². The van der Waals surface area contributed by atoms with Crippen molar-refractivity contribution in [3.05, 3.63) is 0 Å². The molecule has 9 heavy (non-hydrogen) atoms. The number of nitrogens with one attached hydrogen (secondary N) is 1. The second-order valence-electron chi connectivity index (χ2n) is 2.35. The van der Waals surface area contributed by atoms with Crippen LogP contribution in [0.5, 0.6) is 0 Å². The summed E-state index contributed by atoms with van der Waals surface area (Å²) < 4.78 is 0. The highest BCUT2D eigenvalue weighted by atomic mass is 35.5. The molecule has 2 nitrogen and oxygen atoms in total. The molecule has 1 N–H and O–H groups in total. The summed E-state index contributed by atoms with van der Waals surface area (Å²) in [5, 5.41) is 11.6. The lowest BCUT2D eigenvalue weighted by Crippen LogP contribution is -2.51. The van der Waals surface area contributed by atoms with E-state index in [0.29, 0.717) is 0 Å². The molecule has 0 saturated carbocycles. The summed E-state index contributed by atoms with van der Waals surface area (Å²) in [6, 6.07) is 2.30. The fourth-order valence-corrected chi connectivity index (χ4v) is 0.835. The van der Waals surface area contributed by atoms with E-state index in [9.17, 15) is 0 Å². The van der Waals surface area contributed by atoms with E-state index in [2.05, 4.69) is 18.3 Å². The molecule has 1 saturated heterocycles. The molecule has 0 atom stereocenters. The largest absolute Gasteiger partial charge is 0.313 e. The lowest BCUT2D eigenvalue weighted by atomic mass is 9.81. The average molecular weight is 147 g/mol. The first-order valence-electron chi connectivity index (χ1n) is 2.95. The molecule has 0 aromatic carbocycles. The van der Waals surface area contributed by atoms with Gasteiger partial charge >= 0.3 is 0 Å². The summed E-state index contributed by atoms with van der Waals surface area (Å²) in [4.78, 5) is 0. The van der Waals surface area contributed by atoms with E-state index < -0.39 is 0 Å². The van der Waals surface area contributed by atoms with Gasteiger partial charge in [0.2, 0.25) is 0 Å². The van der Waals surface area contributed by atoms with E-state index in [0.717, 1.165) is 19.5 Å². The van der Waals surface area contributed by atoms with Gasteiger partial charge in [0, 0.05) is 13.1 Å². The maximum Gasteiger partial charge on any atom is 0.0819 e. The molecule has 1 aliphatic heterocycles. The van der Waals surface area contributed by atoms with Gasteiger partial charge in [-0.2, -0.15) is 5.26 Å². The first-order chi connectivity index (χ1) is 3.83. The van der Waals surface area contributed by atoms with Crippen LogP contribution < -0.4 is 5.32 Å². The summed E-state index contributed by atoms with van der Waals surface area (Å²) >= 11 is 0. The molecule has 0 radical (unpaired) electrons. The predicted octanol–water partition coefficient (Wildman–Crippen LogP) is 0.931. The first-order valence-corrected chi connectivity index (χ1v) is 2.95. The van der Waals surface area contributed by atoms with Gasteiger partial charge in [0.25, 0.3) is 0 Å². The van der Waals surface area contributed by atoms with E-state index in [1.54, 1.807) is 0 Å². The minimum Gasteiger partial charge on any atom is -0.313 e. The second-order valence-corrected chi connectivity index (χ2v) is 2.35. The van der Waals surface area contributed by atoms with Crippen molar-refractivity contribution in [2.45, 2.75) is 13.3 Å². The zero-order chi connectivity index (χ0) is 6.04. The molecule has 3 heteroatoms. The highest BCUT2D eigenvalue weighted by Crippen LogP contribution is 2.24. The molecule has 0 aliphatic carbocycles. The van der Waals surface area contributed by atoms with Crippen LogP contribution in [0.4, 0.5) is 0 Å². The minimum atomic E-state index is 0. The van der Waals surface area contributed by atoms with Gasteiger partial charge in [-0.05, 0) is 6.42 Å². The Morgan fingerprint density at radius 1 is 1.67 bits per heavy atom. The van der Waals surface area contributed by atoms with Crippen molar-refractivity contribution < 1.29 is 0 Å². The Hall–Kier alpha value is -0.260. The number of halogens is 1. The molecule has 0 unspecified atom stereocenters. The van der Waals surface area contributed by atoms with E-state index >= 15 is 0 Å². The SMILES string of the molecule is CCC1(C#N)CNC1.Cl. The zero-order valence-corrected chi connectivity index (χ0v) is 6.29. The molecule has 1 aliphatic rings. The fourth-order valence-electron chi connectivity index (χ4n) is 0.835. The molecule has 52 valence electrons. The summed E-state index contributed by atoms with van der Waals surface area (Å²) in [7, 11) is 0. The monoisotopic (exact) mass is 146 g/mol. The van der Waals surface area contributed by atoms with Crippen LogP contribution in [0.15, 0.2) is 0 Å². The van der Waals surface area contributed by atoms with Gasteiger partial charge in [-0.15, -0.1) is 12.4 Å². The normalized spacial score (nSPS) is 20.9. The summed E-state index contributed by atoms with van der Waals surface area (Å²) in [5.74, 6) is 0. The Balaban J connectivity index is 0.000000640. The van der Waals surface area contributed by atoms with Crippen molar-refractivity contribution in [3.8, 4) is 6.07 Å². The summed E-state index contributed by atoms with van der Waals surface area (Å²) in [5.41, 5.74) is 0. The van der Waals surface area contributed by atoms with Crippen molar-refractivity contribution in [1.82, 2.24) is 5.32 Å². The van der Waals surface area contributed by atoms with E-state index in [1.807, 2.05) is 0 Å². The van der Waals surface area contributed by atoms with Crippen LogP contribution in [0, 0.1) is 16.7 Å².